The zero-order chi connectivity index (χ0) is 14.3. The number of hydrogen-bond donors (Lipinski definition) is 2. The Morgan fingerprint density at radius 1 is 1.30 bits per heavy atom. The number of phenols is 1. The minimum atomic E-state index is 0.0709. The first-order valence-corrected chi connectivity index (χ1v) is 7.14. The third kappa shape index (κ3) is 2.12. The number of aryl methyl sites for hydroxylation is 1. The molecular formula is C16H17ClN2O. The van der Waals surface area contributed by atoms with Crippen LogP contribution in [0.2, 0.25) is 5.02 Å². The molecule has 3 nitrogen and oxygen atoms in total. The molecule has 3 rings (SSSR count). The molecule has 1 heterocycles. The van der Waals surface area contributed by atoms with E-state index in [9.17, 15) is 5.11 Å². The molecular weight excluding hydrogens is 272 g/mol. The molecule has 2 aromatic rings. The molecule has 0 bridgehead atoms. The van der Waals surface area contributed by atoms with Crippen LogP contribution in [0.25, 0.3) is 0 Å². The van der Waals surface area contributed by atoms with E-state index in [4.69, 9.17) is 11.6 Å². The maximum atomic E-state index is 10.2. The number of benzene rings is 1. The highest BCUT2D eigenvalue weighted by Crippen LogP contribution is 2.47. The Balaban J connectivity index is 2.00. The van der Waals surface area contributed by atoms with Crippen molar-refractivity contribution >= 4 is 17.3 Å². The maximum absolute atomic E-state index is 10.2. The first-order valence-electron chi connectivity index (χ1n) is 6.76. The number of phenolic OH excluding ortho intramolecular Hbond substituents is 1. The average molecular weight is 289 g/mol. The van der Waals surface area contributed by atoms with Crippen LogP contribution in [-0.2, 0) is 0 Å². The molecule has 0 radical (unpaired) electrons. The number of anilines is 1. The number of aromatic nitrogens is 1. The molecule has 1 aliphatic rings. The van der Waals surface area contributed by atoms with Crippen LogP contribution in [0.15, 0.2) is 30.6 Å². The van der Waals surface area contributed by atoms with Crippen LogP contribution >= 0.6 is 11.6 Å². The summed E-state index contributed by atoms with van der Waals surface area (Å²) in [5, 5.41) is 14.3. The topological polar surface area (TPSA) is 45.1 Å². The van der Waals surface area contributed by atoms with E-state index in [-0.39, 0.29) is 6.04 Å². The van der Waals surface area contributed by atoms with E-state index in [0.29, 0.717) is 16.7 Å². The lowest BCUT2D eigenvalue weighted by Crippen LogP contribution is -2.08. The van der Waals surface area contributed by atoms with Crippen molar-refractivity contribution in [2.24, 2.45) is 0 Å². The molecule has 2 atom stereocenters. The highest BCUT2D eigenvalue weighted by molar-refractivity contribution is 6.33. The minimum Gasteiger partial charge on any atom is -0.508 e. The van der Waals surface area contributed by atoms with Gasteiger partial charge < -0.3 is 10.4 Å². The molecule has 2 N–H and O–H groups in total. The molecule has 104 valence electrons. The fourth-order valence-corrected chi connectivity index (χ4v) is 3.31. The van der Waals surface area contributed by atoms with Crippen molar-refractivity contribution in [2.45, 2.75) is 32.2 Å². The Kier molecular flexibility index (Phi) is 3.30. The van der Waals surface area contributed by atoms with Crippen LogP contribution < -0.4 is 5.32 Å². The quantitative estimate of drug-likeness (QED) is 0.860. The third-order valence-electron chi connectivity index (χ3n) is 4.01. The predicted molar refractivity (Wildman–Crippen MR) is 81.5 cm³/mol. The number of aromatic hydroxyl groups is 1. The number of nitrogens with zero attached hydrogens (tertiary/aromatic N) is 1. The van der Waals surface area contributed by atoms with Gasteiger partial charge >= 0.3 is 0 Å². The molecule has 0 spiro atoms. The van der Waals surface area contributed by atoms with Crippen molar-refractivity contribution in [1.29, 1.82) is 0 Å². The summed E-state index contributed by atoms with van der Waals surface area (Å²) >= 11 is 6.17. The molecule has 20 heavy (non-hydrogen) atoms. The van der Waals surface area contributed by atoms with E-state index in [1.54, 1.807) is 24.5 Å². The summed E-state index contributed by atoms with van der Waals surface area (Å²) in [5.41, 5.74) is 4.28. The van der Waals surface area contributed by atoms with Gasteiger partial charge in [0.2, 0.25) is 0 Å². The van der Waals surface area contributed by atoms with Gasteiger partial charge in [-0.05, 0) is 42.5 Å². The lowest BCUT2D eigenvalue weighted by molar-refractivity contribution is 0.465. The highest BCUT2D eigenvalue weighted by atomic mass is 35.5. The first kappa shape index (κ1) is 13.3. The van der Waals surface area contributed by atoms with Crippen LogP contribution in [0, 0.1) is 6.92 Å². The summed E-state index contributed by atoms with van der Waals surface area (Å²) < 4.78 is 0. The second-order valence-electron chi connectivity index (χ2n) is 5.42. The predicted octanol–water partition coefficient (Wildman–Crippen LogP) is 4.41. The Labute approximate surface area is 123 Å². The minimum absolute atomic E-state index is 0.0709. The normalized spacial score (nSPS) is 20.8. The fraction of sp³-hybridized carbons (Fsp3) is 0.312. The van der Waals surface area contributed by atoms with Crippen molar-refractivity contribution in [2.75, 3.05) is 5.32 Å². The molecule has 0 fully saturated rings. The van der Waals surface area contributed by atoms with Crippen molar-refractivity contribution in [3.05, 3.63) is 52.3 Å². The third-order valence-corrected chi connectivity index (χ3v) is 4.34. The molecule has 0 amide bonds. The Hall–Kier alpha value is -1.74. The van der Waals surface area contributed by atoms with Gasteiger partial charge in [-0.15, -0.1) is 0 Å². The van der Waals surface area contributed by atoms with Crippen molar-refractivity contribution in [1.82, 2.24) is 4.98 Å². The number of fused-ring (bicyclic) bond motifs is 1. The zero-order valence-electron chi connectivity index (χ0n) is 11.5. The number of nitrogens with one attached hydrogen (secondary N) is 1. The van der Waals surface area contributed by atoms with Gasteiger partial charge in [-0.3, -0.25) is 4.98 Å². The largest absolute Gasteiger partial charge is 0.508 e. The summed E-state index contributed by atoms with van der Waals surface area (Å²) in [5.74, 6) is 0.775. The maximum Gasteiger partial charge on any atom is 0.121 e. The number of pyridine rings is 1. The molecule has 1 aromatic carbocycles. The van der Waals surface area contributed by atoms with Gasteiger partial charge in [0.15, 0.2) is 0 Å². The summed E-state index contributed by atoms with van der Waals surface area (Å²) in [6, 6.07) is 5.58. The molecule has 0 saturated heterocycles. The summed E-state index contributed by atoms with van der Waals surface area (Å²) in [6.07, 6.45) is 4.33. The summed E-state index contributed by atoms with van der Waals surface area (Å²) in [7, 11) is 0. The SMILES string of the molecule is Cc1ccc(O)c2c1C(C)CC2Nc1cnccc1Cl. The first-order chi connectivity index (χ1) is 9.58. The Bertz CT molecular complexity index is 657. The van der Waals surface area contributed by atoms with Crippen molar-refractivity contribution < 1.29 is 5.11 Å². The molecule has 0 aliphatic heterocycles. The van der Waals surface area contributed by atoms with E-state index < -0.39 is 0 Å². The van der Waals surface area contributed by atoms with Crippen molar-refractivity contribution in [3.8, 4) is 5.75 Å². The lowest BCUT2D eigenvalue weighted by Gasteiger charge is -2.17. The van der Waals surface area contributed by atoms with E-state index in [1.165, 1.54) is 11.1 Å². The van der Waals surface area contributed by atoms with E-state index in [0.717, 1.165) is 17.7 Å². The molecule has 0 saturated carbocycles. The van der Waals surface area contributed by atoms with E-state index in [2.05, 4.69) is 24.1 Å². The molecule has 1 aliphatic carbocycles. The highest BCUT2D eigenvalue weighted by Gasteiger charge is 2.32. The lowest BCUT2D eigenvalue weighted by atomic mass is 9.97. The standard InChI is InChI=1S/C16H17ClN2O/c1-9-3-4-14(20)16-12(7-10(2)15(9)16)19-13-8-18-6-5-11(13)17/h3-6,8,10,12,19-20H,7H2,1-2H3. The van der Waals surface area contributed by atoms with Gasteiger partial charge in [-0.25, -0.2) is 0 Å². The van der Waals surface area contributed by atoms with Crippen LogP contribution in [0.5, 0.6) is 5.75 Å². The smallest absolute Gasteiger partial charge is 0.121 e. The molecule has 1 aromatic heterocycles. The van der Waals surface area contributed by atoms with E-state index in [1.807, 2.05) is 6.07 Å². The number of halogens is 1. The van der Waals surface area contributed by atoms with Gasteiger partial charge in [0, 0.05) is 11.8 Å². The van der Waals surface area contributed by atoms with Gasteiger partial charge in [-0.1, -0.05) is 24.6 Å². The van der Waals surface area contributed by atoms with Crippen LogP contribution in [0.1, 0.15) is 42.0 Å². The Morgan fingerprint density at radius 2 is 2.10 bits per heavy atom. The average Bonchev–Trinajstić information content (AvgIpc) is 2.75. The van der Waals surface area contributed by atoms with Crippen LogP contribution in [0.3, 0.4) is 0 Å². The van der Waals surface area contributed by atoms with Gasteiger partial charge in [0.1, 0.15) is 5.75 Å². The number of rotatable bonds is 2. The van der Waals surface area contributed by atoms with Gasteiger partial charge in [0.05, 0.1) is 22.9 Å². The second-order valence-corrected chi connectivity index (χ2v) is 5.83. The fourth-order valence-electron chi connectivity index (χ4n) is 3.15. The van der Waals surface area contributed by atoms with Gasteiger partial charge in [-0.2, -0.15) is 0 Å². The van der Waals surface area contributed by atoms with E-state index >= 15 is 0 Å². The van der Waals surface area contributed by atoms with Crippen molar-refractivity contribution in [3.63, 3.8) is 0 Å². The van der Waals surface area contributed by atoms with Crippen LogP contribution in [0.4, 0.5) is 5.69 Å². The Morgan fingerprint density at radius 3 is 2.85 bits per heavy atom. The van der Waals surface area contributed by atoms with Crippen LogP contribution in [-0.4, -0.2) is 10.1 Å². The molecule has 2 unspecified atom stereocenters. The van der Waals surface area contributed by atoms with Gasteiger partial charge in [0.25, 0.3) is 0 Å². The zero-order valence-corrected chi connectivity index (χ0v) is 12.3. The number of hydrogen-bond acceptors (Lipinski definition) is 3. The monoisotopic (exact) mass is 288 g/mol. The summed E-state index contributed by atoms with van der Waals surface area (Å²) in [6.45, 7) is 4.28. The molecule has 4 heteroatoms. The second kappa shape index (κ2) is 4.98. The summed E-state index contributed by atoms with van der Waals surface area (Å²) in [4.78, 5) is 4.09.